The second-order valence-corrected chi connectivity index (χ2v) is 4.51. The van der Waals surface area contributed by atoms with E-state index in [9.17, 15) is 0 Å². The summed E-state index contributed by atoms with van der Waals surface area (Å²) in [6, 6.07) is 0.643. The van der Waals surface area contributed by atoms with E-state index in [2.05, 4.69) is 17.2 Å². The lowest BCUT2D eigenvalue weighted by molar-refractivity contribution is 0.550. The maximum atomic E-state index is 4.50. The van der Waals surface area contributed by atoms with Gasteiger partial charge in [-0.1, -0.05) is 12.8 Å². The summed E-state index contributed by atoms with van der Waals surface area (Å²) in [5.74, 6) is 2.28. The van der Waals surface area contributed by atoms with Crippen LogP contribution in [-0.4, -0.2) is 18.4 Å². The fourth-order valence-corrected chi connectivity index (χ4v) is 2.01. The number of amidine groups is 1. The molecule has 0 aromatic carbocycles. The van der Waals surface area contributed by atoms with E-state index < -0.39 is 0 Å². The predicted octanol–water partition coefficient (Wildman–Crippen LogP) is 2.35. The number of aliphatic imine (C=N–C) groups is 1. The third kappa shape index (κ3) is 3.02. The highest BCUT2D eigenvalue weighted by Crippen LogP contribution is 2.33. The largest absolute Gasteiger partial charge is 0.371 e. The highest BCUT2D eigenvalue weighted by Gasteiger charge is 2.23. The first-order valence-corrected chi connectivity index (χ1v) is 5.64. The lowest BCUT2D eigenvalue weighted by Crippen LogP contribution is -2.34. The van der Waals surface area contributed by atoms with Gasteiger partial charge in [-0.2, -0.15) is 0 Å². The van der Waals surface area contributed by atoms with E-state index in [1.165, 1.54) is 44.4 Å². The molecule has 2 rings (SSSR count). The molecular weight excluding hydrogens is 160 g/mol. The molecule has 2 nitrogen and oxygen atoms in total. The van der Waals surface area contributed by atoms with Gasteiger partial charge in [-0.3, -0.25) is 4.99 Å². The molecule has 1 aliphatic carbocycles. The van der Waals surface area contributed by atoms with Crippen LogP contribution in [-0.2, 0) is 0 Å². The number of hydrogen-bond acceptors (Lipinski definition) is 2. The summed E-state index contributed by atoms with van der Waals surface area (Å²) < 4.78 is 0. The van der Waals surface area contributed by atoms with Gasteiger partial charge in [-0.05, 0) is 32.1 Å². The standard InChI is InChI=1S/C11H20N2/c1-9(8-10-5-6-10)13-11-4-2-3-7-12-11/h9-10H,2-8H2,1H3,(H,12,13). The van der Waals surface area contributed by atoms with Gasteiger partial charge >= 0.3 is 0 Å². The first-order valence-electron chi connectivity index (χ1n) is 5.64. The molecule has 1 aliphatic heterocycles. The maximum Gasteiger partial charge on any atom is 0.0965 e. The summed E-state index contributed by atoms with van der Waals surface area (Å²) in [5, 5.41) is 3.54. The summed E-state index contributed by atoms with van der Waals surface area (Å²) >= 11 is 0. The van der Waals surface area contributed by atoms with Crippen LogP contribution in [0.3, 0.4) is 0 Å². The van der Waals surface area contributed by atoms with E-state index in [0.717, 1.165) is 12.5 Å². The van der Waals surface area contributed by atoms with Crippen LogP contribution < -0.4 is 5.32 Å². The molecule has 0 spiro atoms. The maximum absolute atomic E-state index is 4.50. The third-order valence-corrected chi connectivity index (χ3v) is 2.92. The molecule has 13 heavy (non-hydrogen) atoms. The average molecular weight is 180 g/mol. The topological polar surface area (TPSA) is 24.4 Å². The molecule has 0 radical (unpaired) electrons. The van der Waals surface area contributed by atoms with E-state index in [4.69, 9.17) is 0 Å². The summed E-state index contributed by atoms with van der Waals surface area (Å²) in [4.78, 5) is 4.50. The Morgan fingerprint density at radius 3 is 2.92 bits per heavy atom. The lowest BCUT2D eigenvalue weighted by atomic mass is 10.1. The summed E-state index contributed by atoms with van der Waals surface area (Å²) in [5.41, 5.74) is 0. The first kappa shape index (κ1) is 9.04. The van der Waals surface area contributed by atoms with Crippen molar-refractivity contribution in [3.63, 3.8) is 0 Å². The van der Waals surface area contributed by atoms with Crippen molar-refractivity contribution in [3.8, 4) is 0 Å². The van der Waals surface area contributed by atoms with Gasteiger partial charge in [0, 0.05) is 19.0 Å². The zero-order valence-corrected chi connectivity index (χ0v) is 8.55. The highest BCUT2D eigenvalue weighted by molar-refractivity contribution is 5.82. The van der Waals surface area contributed by atoms with Crippen LogP contribution >= 0.6 is 0 Å². The van der Waals surface area contributed by atoms with Crippen LogP contribution in [0.25, 0.3) is 0 Å². The molecule has 1 heterocycles. The summed E-state index contributed by atoms with van der Waals surface area (Å²) in [7, 11) is 0. The van der Waals surface area contributed by atoms with Gasteiger partial charge in [0.25, 0.3) is 0 Å². The Kier molecular flexibility index (Phi) is 2.87. The van der Waals surface area contributed by atoms with Crippen LogP contribution in [0.5, 0.6) is 0 Å². The van der Waals surface area contributed by atoms with E-state index in [-0.39, 0.29) is 0 Å². The molecule has 0 bridgehead atoms. The van der Waals surface area contributed by atoms with Crippen molar-refractivity contribution in [2.75, 3.05) is 6.54 Å². The number of nitrogens with zero attached hydrogens (tertiary/aromatic N) is 1. The first-order chi connectivity index (χ1) is 6.34. The average Bonchev–Trinajstić information content (AvgIpc) is 2.90. The summed E-state index contributed by atoms with van der Waals surface area (Å²) in [6.45, 7) is 3.33. The number of hydrogen-bond donors (Lipinski definition) is 1. The van der Waals surface area contributed by atoms with E-state index in [0.29, 0.717) is 6.04 Å². The van der Waals surface area contributed by atoms with Crippen molar-refractivity contribution >= 4 is 5.84 Å². The molecule has 0 aromatic heterocycles. The molecule has 0 aromatic rings. The van der Waals surface area contributed by atoms with Crippen molar-refractivity contribution in [3.05, 3.63) is 0 Å². The van der Waals surface area contributed by atoms with Crippen LogP contribution in [0, 0.1) is 5.92 Å². The van der Waals surface area contributed by atoms with Gasteiger partial charge in [0.1, 0.15) is 0 Å². The lowest BCUT2D eigenvalue weighted by Gasteiger charge is -2.19. The molecule has 1 atom stereocenters. The second-order valence-electron chi connectivity index (χ2n) is 4.51. The SMILES string of the molecule is CC(CC1CC1)NC1=NCCCC1. The Balaban J connectivity index is 1.71. The van der Waals surface area contributed by atoms with Crippen LogP contribution in [0.15, 0.2) is 4.99 Å². The predicted molar refractivity (Wildman–Crippen MR) is 56.1 cm³/mol. The second kappa shape index (κ2) is 4.12. The van der Waals surface area contributed by atoms with Crippen LogP contribution in [0.2, 0.25) is 0 Å². The number of rotatable bonds is 3. The normalized spacial score (nSPS) is 25.2. The minimum atomic E-state index is 0.643. The fraction of sp³-hybridized carbons (Fsp3) is 0.909. The van der Waals surface area contributed by atoms with Gasteiger partial charge in [0.05, 0.1) is 5.84 Å². The smallest absolute Gasteiger partial charge is 0.0965 e. The summed E-state index contributed by atoms with van der Waals surface area (Å²) in [6.07, 6.45) is 8.04. The number of nitrogens with one attached hydrogen (secondary N) is 1. The quantitative estimate of drug-likeness (QED) is 0.708. The minimum absolute atomic E-state index is 0.643. The van der Waals surface area contributed by atoms with Gasteiger partial charge in [-0.25, -0.2) is 0 Å². The Labute approximate surface area is 80.8 Å². The van der Waals surface area contributed by atoms with Gasteiger partial charge in [0.15, 0.2) is 0 Å². The third-order valence-electron chi connectivity index (χ3n) is 2.92. The zero-order valence-electron chi connectivity index (χ0n) is 8.55. The Morgan fingerprint density at radius 1 is 1.46 bits per heavy atom. The van der Waals surface area contributed by atoms with Gasteiger partial charge in [-0.15, -0.1) is 0 Å². The van der Waals surface area contributed by atoms with Crippen LogP contribution in [0.4, 0.5) is 0 Å². The zero-order chi connectivity index (χ0) is 9.10. The fourth-order valence-electron chi connectivity index (χ4n) is 2.01. The van der Waals surface area contributed by atoms with Gasteiger partial charge in [0.2, 0.25) is 0 Å². The Morgan fingerprint density at radius 2 is 2.31 bits per heavy atom. The van der Waals surface area contributed by atoms with E-state index >= 15 is 0 Å². The molecule has 2 aliphatic rings. The Hall–Kier alpha value is -0.530. The van der Waals surface area contributed by atoms with Crippen LogP contribution in [0.1, 0.15) is 45.4 Å². The van der Waals surface area contributed by atoms with Crippen molar-refractivity contribution in [1.29, 1.82) is 0 Å². The van der Waals surface area contributed by atoms with Crippen molar-refractivity contribution in [1.82, 2.24) is 5.32 Å². The molecule has 1 fully saturated rings. The van der Waals surface area contributed by atoms with Crippen molar-refractivity contribution in [2.24, 2.45) is 10.9 Å². The minimum Gasteiger partial charge on any atom is -0.371 e. The van der Waals surface area contributed by atoms with Crippen molar-refractivity contribution in [2.45, 2.75) is 51.5 Å². The molecule has 0 saturated heterocycles. The monoisotopic (exact) mass is 180 g/mol. The van der Waals surface area contributed by atoms with Gasteiger partial charge < -0.3 is 5.32 Å². The highest BCUT2D eigenvalue weighted by atomic mass is 15.0. The molecule has 1 unspecified atom stereocenters. The Bertz CT molecular complexity index is 194. The molecule has 1 N–H and O–H groups in total. The molecule has 1 saturated carbocycles. The molecule has 0 amide bonds. The van der Waals surface area contributed by atoms with E-state index in [1.807, 2.05) is 0 Å². The van der Waals surface area contributed by atoms with E-state index in [1.54, 1.807) is 0 Å². The van der Waals surface area contributed by atoms with Crippen molar-refractivity contribution < 1.29 is 0 Å². The molecule has 74 valence electrons. The molecular formula is C11H20N2. The molecule has 2 heteroatoms.